The van der Waals surface area contributed by atoms with Gasteiger partial charge in [0.2, 0.25) is 0 Å². The first-order valence-corrected chi connectivity index (χ1v) is 4.74. The number of quaternary nitrogens is 1. The van der Waals surface area contributed by atoms with Gasteiger partial charge >= 0.3 is 7.82 Å². The summed E-state index contributed by atoms with van der Waals surface area (Å²) < 4.78 is 15.1. The van der Waals surface area contributed by atoms with Crippen LogP contribution in [0.4, 0.5) is 0 Å². The molecule has 0 aromatic rings. The zero-order valence-corrected chi connectivity index (χ0v) is 10.4. The molecule has 5 nitrogen and oxygen atoms in total. The Morgan fingerprint density at radius 2 is 1.75 bits per heavy atom. The van der Waals surface area contributed by atoms with Gasteiger partial charge in [0, 0.05) is 0 Å². The number of phosphoric ester groups is 1. The van der Waals surface area contributed by atoms with Gasteiger partial charge in [0.15, 0.2) is 0 Å². The van der Waals surface area contributed by atoms with E-state index in [4.69, 9.17) is 9.79 Å². The fraction of sp³-hybridized carbons (Fsp3) is 1.00. The van der Waals surface area contributed by atoms with Crippen molar-refractivity contribution in [3.05, 3.63) is 0 Å². The maximum Gasteiger partial charge on any atom is 0.469 e. The molecule has 2 N–H and O–H groups in total. The van der Waals surface area contributed by atoms with Crippen LogP contribution in [-0.2, 0) is 9.09 Å². The summed E-state index contributed by atoms with van der Waals surface area (Å²) in [4.78, 5) is 16.6. The fourth-order valence-corrected chi connectivity index (χ4v) is 0.753. The summed E-state index contributed by atoms with van der Waals surface area (Å²) in [5, 5.41) is 0. The van der Waals surface area contributed by atoms with Crippen molar-refractivity contribution in [1.29, 1.82) is 0 Å². The van der Waals surface area contributed by atoms with Crippen molar-refractivity contribution < 1.29 is 47.3 Å². The second-order valence-electron chi connectivity index (χ2n) is 3.34. The molecule has 76 valence electrons. The van der Waals surface area contributed by atoms with E-state index in [0.29, 0.717) is 11.0 Å². The highest BCUT2D eigenvalue weighted by molar-refractivity contribution is 7.46. The standard InChI is InChI=1S/C5H14NO4P.HI/c1-6(2,3)4-5-10-11(7,8)9;/h4-5H2,1-3H3,(H-,7,8,9);1H. The summed E-state index contributed by atoms with van der Waals surface area (Å²) >= 11 is 0. The van der Waals surface area contributed by atoms with Gasteiger partial charge in [-0.2, -0.15) is 0 Å². The Hall–Kier alpha value is 0.800. The molecule has 0 saturated carbocycles. The molecule has 0 heterocycles. The molecule has 0 spiro atoms. The normalized spacial score (nSPS) is 12.4. The molecule has 0 rings (SSSR count). The smallest absolute Gasteiger partial charge is 0.469 e. The van der Waals surface area contributed by atoms with Gasteiger partial charge in [-0.15, -0.1) is 0 Å². The molecule has 0 aliphatic rings. The van der Waals surface area contributed by atoms with Gasteiger partial charge in [-0.05, 0) is 0 Å². The number of hydrogen-bond donors (Lipinski definition) is 2. The third-order valence-corrected chi connectivity index (χ3v) is 1.54. The Morgan fingerprint density at radius 1 is 1.33 bits per heavy atom. The first-order valence-electron chi connectivity index (χ1n) is 3.21. The van der Waals surface area contributed by atoms with Gasteiger partial charge in [0.1, 0.15) is 13.2 Å². The monoisotopic (exact) mass is 311 g/mol. The van der Waals surface area contributed by atoms with Crippen LogP contribution in [0.3, 0.4) is 0 Å². The molecule has 0 saturated heterocycles. The zero-order valence-electron chi connectivity index (χ0n) is 7.40. The first kappa shape index (κ1) is 15.3. The van der Waals surface area contributed by atoms with Crippen molar-refractivity contribution in [2.45, 2.75) is 0 Å². The van der Waals surface area contributed by atoms with E-state index in [0.717, 1.165) is 0 Å². The minimum Gasteiger partial charge on any atom is -1.00 e. The summed E-state index contributed by atoms with van der Waals surface area (Å²) in [6.07, 6.45) is 0. The van der Waals surface area contributed by atoms with Crippen molar-refractivity contribution in [2.75, 3.05) is 34.3 Å². The van der Waals surface area contributed by atoms with Crippen molar-refractivity contribution in [2.24, 2.45) is 0 Å². The van der Waals surface area contributed by atoms with Gasteiger partial charge in [0.25, 0.3) is 0 Å². The lowest BCUT2D eigenvalue weighted by atomic mass is 10.5. The van der Waals surface area contributed by atoms with Crippen LogP contribution in [0.5, 0.6) is 0 Å². The topological polar surface area (TPSA) is 66.8 Å². The largest absolute Gasteiger partial charge is 1.00 e. The van der Waals surface area contributed by atoms with Crippen LogP contribution < -0.4 is 24.0 Å². The Bertz CT molecular complexity index is 163. The molecule has 0 fully saturated rings. The van der Waals surface area contributed by atoms with Crippen molar-refractivity contribution in [1.82, 2.24) is 0 Å². The summed E-state index contributed by atoms with van der Waals surface area (Å²) in [6, 6.07) is 0. The van der Waals surface area contributed by atoms with Crippen LogP contribution in [-0.4, -0.2) is 48.6 Å². The summed E-state index contributed by atoms with van der Waals surface area (Å²) in [5.74, 6) is 0. The Kier molecular flexibility index (Phi) is 7.02. The van der Waals surface area contributed by atoms with E-state index in [2.05, 4.69) is 4.52 Å². The van der Waals surface area contributed by atoms with E-state index >= 15 is 0 Å². The van der Waals surface area contributed by atoms with Crippen LogP contribution in [0.2, 0.25) is 0 Å². The molecule has 0 aliphatic heterocycles. The van der Waals surface area contributed by atoms with Crippen LogP contribution in [0.15, 0.2) is 0 Å². The predicted octanol–water partition coefficient (Wildman–Crippen LogP) is -3.19. The average molecular weight is 311 g/mol. The lowest BCUT2D eigenvalue weighted by molar-refractivity contribution is -0.870. The lowest BCUT2D eigenvalue weighted by Crippen LogP contribution is -3.00. The minimum absolute atomic E-state index is 0. The molecule has 0 aromatic heterocycles. The molecular formula is C5H15INO4P. The van der Waals surface area contributed by atoms with Crippen molar-refractivity contribution in [3.63, 3.8) is 0 Å². The lowest BCUT2D eigenvalue weighted by Gasteiger charge is -2.23. The second-order valence-corrected chi connectivity index (χ2v) is 4.58. The number of likely N-dealkylation sites (N-methyl/N-ethyl adjacent to an activating group) is 1. The number of phosphoric acid groups is 1. The third-order valence-electron chi connectivity index (χ3n) is 1.02. The number of hydrogen-bond acceptors (Lipinski definition) is 2. The van der Waals surface area contributed by atoms with E-state index in [1.54, 1.807) is 0 Å². The van der Waals surface area contributed by atoms with E-state index in [1.807, 2.05) is 21.1 Å². The number of rotatable bonds is 4. The Labute approximate surface area is 89.6 Å². The van der Waals surface area contributed by atoms with E-state index < -0.39 is 7.82 Å². The van der Waals surface area contributed by atoms with Crippen LogP contribution in [0, 0.1) is 0 Å². The molecule has 0 bridgehead atoms. The van der Waals surface area contributed by atoms with Crippen molar-refractivity contribution >= 4 is 7.82 Å². The van der Waals surface area contributed by atoms with Gasteiger partial charge in [0.05, 0.1) is 21.1 Å². The van der Waals surface area contributed by atoms with Crippen LogP contribution in [0.1, 0.15) is 0 Å². The highest BCUT2D eigenvalue weighted by Gasteiger charge is 2.15. The molecule has 0 amide bonds. The molecule has 0 aliphatic carbocycles. The molecule has 0 unspecified atom stereocenters. The molecule has 0 atom stereocenters. The summed E-state index contributed by atoms with van der Waals surface area (Å²) in [7, 11) is 1.50. The van der Waals surface area contributed by atoms with Gasteiger partial charge < -0.3 is 38.2 Å². The maximum atomic E-state index is 10.2. The molecule has 0 radical (unpaired) electrons. The van der Waals surface area contributed by atoms with Crippen LogP contribution in [0.25, 0.3) is 0 Å². The number of halogens is 1. The first-order chi connectivity index (χ1) is 4.71. The highest BCUT2D eigenvalue weighted by atomic mass is 127. The number of nitrogens with zero attached hydrogens (tertiary/aromatic N) is 1. The minimum atomic E-state index is -4.26. The molecule has 7 heteroatoms. The maximum absolute atomic E-state index is 10.2. The fourth-order valence-electron chi connectivity index (χ4n) is 0.434. The van der Waals surface area contributed by atoms with Crippen molar-refractivity contribution in [3.8, 4) is 0 Å². The van der Waals surface area contributed by atoms with Gasteiger partial charge in [-0.1, -0.05) is 0 Å². The second kappa shape index (κ2) is 5.51. The molecule has 12 heavy (non-hydrogen) atoms. The van der Waals surface area contributed by atoms with Gasteiger partial charge in [-0.25, -0.2) is 4.57 Å². The van der Waals surface area contributed by atoms with E-state index in [-0.39, 0.29) is 30.6 Å². The predicted molar refractivity (Wildman–Crippen MR) is 40.9 cm³/mol. The summed E-state index contributed by atoms with van der Waals surface area (Å²) in [5.41, 5.74) is 0. The Morgan fingerprint density at radius 3 is 2.00 bits per heavy atom. The van der Waals surface area contributed by atoms with Gasteiger partial charge in [-0.3, -0.25) is 4.52 Å². The van der Waals surface area contributed by atoms with E-state index in [1.165, 1.54) is 0 Å². The Balaban J connectivity index is 0. The van der Waals surface area contributed by atoms with Crippen LogP contribution >= 0.6 is 7.82 Å². The molecule has 0 aromatic carbocycles. The highest BCUT2D eigenvalue weighted by Crippen LogP contribution is 2.35. The zero-order chi connectivity index (χ0) is 9.12. The third kappa shape index (κ3) is 13.4. The quantitative estimate of drug-likeness (QED) is 0.326. The average Bonchev–Trinajstić information content (AvgIpc) is 1.55. The van der Waals surface area contributed by atoms with E-state index in [9.17, 15) is 4.57 Å². The SMILES string of the molecule is C[N+](C)(C)CCOP(=O)(O)O.[I-]. The molecular weight excluding hydrogens is 296 g/mol. The summed E-state index contributed by atoms with van der Waals surface area (Å²) in [6.45, 7) is 0.652.